The first-order valence-electron chi connectivity index (χ1n) is 5.75. The summed E-state index contributed by atoms with van der Waals surface area (Å²) < 4.78 is 0. The number of hydrogen-bond donors (Lipinski definition) is 0. The van der Waals surface area contributed by atoms with Crippen molar-refractivity contribution < 1.29 is 9.59 Å². The van der Waals surface area contributed by atoms with Crippen LogP contribution in [0.15, 0.2) is 0 Å². The predicted molar refractivity (Wildman–Crippen MR) is 47.2 cm³/mol. The van der Waals surface area contributed by atoms with Crippen LogP contribution >= 0.6 is 0 Å². The van der Waals surface area contributed by atoms with Gasteiger partial charge in [-0.2, -0.15) is 0 Å². The number of carbonyl (C=O) groups excluding carboxylic acids is 2. The van der Waals surface area contributed by atoms with Gasteiger partial charge in [0.2, 0.25) is 0 Å². The normalized spacial score (nSPS) is 75.1. The van der Waals surface area contributed by atoms with Crippen molar-refractivity contribution in [2.45, 2.75) is 13.3 Å². The Morgan fingerprint density at radius 3 is 2.79 bits per heavy atom. The third-order valence-corrected chi connectivity index (χ3v) is 6.42. The Bertz CT molecular complexity index is 422. The monoisotopic (exact) mass is 188 g/mol. The number of carbonyl (C=O) groups is 2. The zero-order chi connectivity index (χ0) is 9.40. The van der Waals surface area contributed by atoms with Gasteiger partial charge in [0.25, 0.3) is 0 Å². The van der Waals surface area contributed by atoms with Crippen molar-refractivity contribution in [1.82, 2.24) is 0 Å². The lowest BCUT2D eigenvalue weighted by Gasteiger charge is -2.51. The van der Waals surface area contributed by atoms with Gasteiger partial charge in [0.1, 0.15) is 11.6 Å². The standard InChI is InChI=1S/C12H12O2/c1-12-8-4-2-3-5(6(4)11(12)14)10(13)9(12)7(3)8/h3-9H,2H2,1H3/t3-,4-,5-,6+,7+,8+,9+,12+/m0/s1. The number of hydrogen-bond acceptors (Lipinski definition) is 2. The van der Waals surface area contributed by atoms with Crippen LogP contribution in [0, 0.1) is 46.8 Å². The van der Waals surface area contributed by atoms with Crippen LogP contribution in [0.4, 0.5) is 0 Å². The Kier molecular flexibility index (Phi) is 0.689. The van der Waals surface area contributed by atoms with E-state index in [1.54, 1.807) is 0 Å². The van der Waals surface area contributed by atoms with E-state index in [1.807, 2.05) is 0 Å². The van der Waals surface area contributed by atoms with Crippen LogP contribution in [0.1, 0.15) is 13.3 Å². The molecule has 0 aliphatic heterocycles. The van der Waals surface area contributed by atoms with E-state index in [4.69, 9.17) is 0 Å². The molecule has 5 rings (SSSR count). The quantitative estimate of drug-likeness (QED) is 0.566. The molecule has 0 saturated heterocycles. The second-order valence-electron chi connectivity index (χ2n) is 6.25. The minimum Gasteiger partial charge on any atom is -0.299 e. The molecule has 5 aliphatic carbocycles. The predicted octanol–water partition coefficient (Wildman–Crippen LogP) is 0.902. The highest BCUT2D eigenvalue weighted by Crippen LogP contribution is 2.84. The maximum atomic E-state index is 12.2. The fraction of sp³-hybridized carbons (Fsp3) is 0.833. The van der Waals surface area contributed by atoms with Crippen molar-refractivity contribution in [3.05, 3.63) is 0 Å². The van der Waals surface area contributed by atoms with Gasteiger partial charge in [-0.15, -0.1) is 0 Å². The van der Waals surface area contributed by atoms with E-state index in [9.17, 15) is 9.59 Å². The Balaban J connectivity index is 1.93. The van der Waals surface area contributed by atoms with Gasteiger partial charge in [0, 0.05) is 23.2 Å². The Hall–Kier alpha value is -0.660. The third-order valence-electron chi connectivity index (χ3n) is 6.42. The largest absolute Gasteiger partial charge is 0.299 e. The third kappa shape index (κ3) is 0.322. The first kappa shape index (κ1) is 6.76. The number of ketones is 2. The molecule has 5 aliphatic rings. The van der Waals surface area contributed by atoms with E-state index in [1.165, 1.54) is 6.42 Å². The molecule has 0 aromatic rings. The molecule has 0 amide bonds. The molecule has 0 aromatic carbocycles. The maximum Gasteiger partial charge on any atom is 0.143 e. The minimum absolute atomic E-state index is 0.166. The van der Waals surface area contributed by atoms with Crippen LogP contribution in [0.2, 0.25) is 0 Å². The van der Waals surface area contributed by atoms with Crippen LogP contribution in [0.25, 0.3) is 0 Å². The van der Waals surface area contributed by atoms with Gasteiger partial charge in [-0.1, -0.05) is 6.92 Å². The van der Waals surface area contributed by atoms with Crippen molar-refractivity contribution >= 4 is 11.6 Å². The molecule has 72 valence electrons. The average molecular weight is 188 g/mol. The molecule has 14 heavy (non-hydrogen) atoms. The first-order chi connectivity index (χ1) is 6.67. The molecule has 8 atom stereocenters. The number of rotatable bonds is 0. The summed E-state index contributed by atoms with van der Waals surface area (Å²) in [5.41, 5.74) is -0.182. The highest BCUT2D eigenvalue weighted by Gasteiger charge is 2.88. The lowest BCUT2D eigenvalue weighted by Crippen LogP contribution is -2.57. The van der Waals surface area contributed by atoms with Gasteiger partial charge in [0.15, 0.2) is 0 Å². The van der Waals surface area contributed by atoms with Gasteiger partial charge in [-0.05, 0) is 30.1 Å². The molecule has 2 nitrogen and oxygen atoms in total. The van der Waals surface area contributed by atoms with Crippen molar-refractivity contribution in [1.29, 1.82) is 0 Å². The Morgan fingerprint density at radius 1 is 1.21 bits per heavy atom. The fourth-order valence-corrected chi connectivity index (χ4v) is 6.36. The van der Waals surface area contributed by atoms with E-state index < -0.39 is 0 Å². The molecule has 0 unspecified atom stereocenters. The molecule has 2 heteroatoms. The second kappa shape index (κ2) is 1.43. The minimum atomic E-state index is -0.182. The Morgan fingerprint density at radius 2 is 2.00 bits per heavy atom. The van der Waals surface area contributed by atoms with Crippen molar-refractivity contribution in [2.75, 3.05) is 0 Å². The summed E-state index contributed by atoms with van der Waals surface area (Å²) in [6.07, 6.45) is 1.20. The highest BCUT2D eigenvalue weighted by atomic mass is 16.1. The van der Waals surface area contributed by atoms with Crippen LogP contribution in [0.3, 0.4) is 0 Å². The lowest BCUT2D eigenvalue weighted by molar-refractivity contribution is -0.158. The second-order valence-corrected chi connectivity index (χ2v) is 6.25. The van der Waals surface area contributed by atoms with E-state index in [0.29, 0.717) is 35.2 Å². The van der Waals surface area contributed by atoms with Gasteiger partial charge in [-0.3, -0.25) is 9.59 Å². The van der Waals surface area contributed by atoms with Gasteiger partial charge < -0.3 is 0 Å². The van der Waals surface area contributed by atoms with E-state index >= 15 is 0 Å². The van der Waals surface area contributed by atoms with Gasteiger partial charge in [-0.25, -0.2) is 0 Å². The van der Waals surface area contributed by atoms with Crippen molar-refractivity contribution in [2.24, 2.45) is 46.8 Å². The molecule has 0 aromatic heterocycles. The van der Waals surface area contributed by atoms with Crippen molar-refractivity contribution in [3.8, 4) is 0 Å². The molecule has 2 bridgehead atoms. The molecular weight excluding hydrogens is 176 g/mol. The lowest BCUT2D eigenvalue weighted by atomic mass is 9.49. The zero-order valence-electron chi connectivity index (χ0n) is 8.07. The summed E-state index contributed by atoms with van der Waals surface area (Å²) in [6.45, 7) is 2.08. The first-order valence-corrected chi connectivity index (χ1v) is 5.75. The van der Waals surface area contributed by atoms with E-state index in [-0.39, 0.29) is 23.2 Å². The zero-order valence-corrected chi connectivity index (χ0v) is 8.07. The van der Waals surface area contributed by atoms with Gasteiger partial charge >= 0.3 is 0 Å². The molecule has 5 fully saturated rings. The summed E-state index contributed by atoms with van der Waals surface area (Å²) in [5, 5.41) is 0. The van der Waals surface area contributed by atoms with E-state index in [0.717, 1.165) is 0 Å². The fourth-order valence-electron chi connectivity index (χ4n) is 6.36. The maximum absolute atomic E-state index is 12.2. The van der Waals surface area contributed by atoms with E-state index in [2.05, 4.69) is 6.92 Å². The van der Waals surface area contributed by atoms with Crippen LogP contribution < -0.4 is 0 Å². The smallest absolute Gasteiger partial charge is 0.143 e. The Labute approximate surface area is 82.0 Å². The molecule has 0 radical (unpaired) electrons. The number of Topliss-reactive ketones (excluding diaryl/α,β-unsaturated/α-hetero) is 2. The summed E-state index contributed by atoms with van der Waals surface area (Å²) in [6, 6.07) is 0. The van der Waals surface area contributed by atoms with Crippen LogP contribution in [-0.4, -0.2) is 11.6 Å². The van der Waals surface area contributed by atoms with Crippen molar-refractivity contribution in [3.63, 3.8) is 0 Å². The molecule has 0 N–H and O–H groups in total. The SMILES string of the molecule is C[C@]12C(=O)[C@@H]3[C@@H]4C[C@H]5[C@@H]3C(=O)[C@H]1[C@H]5[C@@H]42. The molecule has 0 heterocycles. The molecular formula is C12H12O2. The average Bonchev–Trinajstić information content (AvgIpc) is 2.67. The molecule has 0 spiro atoms. The summed E-state index contributed by atoms with van der Waals surface area (Å²) in [4.78, 5) is 24.3. The topological polar surface area (TPSA) is 34.1 Å². The van der Waals surface area contributed by atoms with Crippen LogP contribution in [0.5, 0.6) is 0 Å². The summed E-state index contributed by atoms with van der Waals surface area (Å²) in [7, 11) is 0. The highest BCUT2D eigenvalue weighted by molar-refractivity contribution is 6.08. The summed E-state index contributed by atoms with van der Waals surface area (Å²) >= 11 is 0. The molecule has 5 saturated carbocycles. The number of fused-ring (bicyclic) bond motifs is 2. The van der Waals surface area contributed by atoms with Gasteiger partial charge in [0.05, 0.1) is 0 Å². The van der Waals surface area contributed by atoms with Crippen LogP contribution in [-0.2, 0) is 9.59 Å². The summed E-state index contributed by atoms with van der Waals surface area (Å²) in [5.74, 6) is 4.00.